The number of aryl methyl sites for hydroxylation is 1. The summed E-state index contributed by atoms with van der Waals surface area (Å²) in [5.74, 6) is 0.330. The molecule has 1 N–H and O–H groups in total. The van der Waals surface area contributed by atoms with Gasteiger partial charge in [0.1, 0.15) is 5.82 Å². The van der Waals surface area contributed by atoms with Gasteiger partial charge in [-0.25, -0.2) is 4.98 Å². The molecule has 0 bridgehead atoms. The van der Waals surface area contributed by atoms with E-state index in [9.17, 15) is 8.78 Å². The molecule has 5 heteroatoms. The first-order valence-electron chi connectivity index (χ1n) is 5.84. The SMILES string of the molecule is CCc1ccccc1NCc1nccn1C(F)F. The molecule has 0 aliphatic carbocycles. The molecule has 0 radical (unpaired) electrons. The lowest BCUT2D eigenvalue weighted by atomic mass is 10.1. The van der Waals surface area contributed by atoms with Crippen molar-refractivity contribution in [1.82, 2.24) is 9.55 Å². The van der Waals surface area contributed by atoms with Gasteiger partial charge in [0.25, 0.3) is 0 Å². The zero-order chi connectivity index (χ0) is 13.0. The van der Waals surface area contributed by atoms with Crippen LogP contribution in [0.3, 0.4) is 0 Å². The van der Waals surface area contributed by atoms with Gasteiger partial charge in [0.05, 0.1) is 6.54 Å². The van der Waals surface area contributed by atoms with Crippen LogP contribution in [0.25, 0.3) is 0 Å². The molecule has 0 atom stereocenters. The largest absolute Gasteiger partial charge is 0.378 e. The summed E-state index contributed by atoms with van der Waals surface area (Å²) < 4.78 is 26.1. The summed E-state index contributed by atoms with van der Waals surface area (Å²) in [7, 11) is 0. The van der Waals surface area contributed by atoms with Crippen molar-refractivity contribution in [1.29, 1.82) is 0 Å². The highest BCUT2D eigenvalue weighted by atomic mass is 19.3. The van der Waals surface area contributed by atoms with Gasteiger partial charge in [-0.1, -0.05) is 25.1 Å². The van der Waals surface area contributed by atoms with Gasteiger partial charge in [-0.3, -0.25) is 4.57 Å². The second kappa shape index (κ2) is 5.62. The molecular formula is C13H15F2N3. The number of benzene rings is 1. The Labute approximate surface area is 104 Å². The van der Waals surface area contributed by atoms with Crippen LogP contribution >= 0.6 is 0 Å². The molecule has 1 aromatic heterocycles. The molecule has 0 saturated carbocycles. The van der Waals surface area contributed by atoms with Crippen molar-refractivity contribution in [2.75, 3.05) is 5.32 Å². The van der Waals surface area contributed by atoms with Gasteiger partial charge in [-0.05, 0) is 18.1 Å². The molecule has 0 unspecified atom stereocenters. The summed E-state index contributed by atoms with van der Waals surface area (Å²) in [5.41, 5.74) is 2.12. The zero-order valence-electron chi connectivity index (χ0n) is 10.1. The average molecular weight is 251 g/mol. The molecule has 2 aromatic rings. The van der Waals surface area contributed by atoms with E-state index in [1.807, 2.05) is 24.3 Å². The molecule has 3 nitrogen and oxygen atoms in total. The number of halogens is 2. The summed E-state index contributed by atoms with van der Waals surface area (Å²) in [6.07, 6.45) is 3.56. The summed E-state index contributed by atoms with van der Waals surface area (Å²) in [4.78, 5) is 3.93. The van der Waals surface area contributed by atoms with Crippen LogP contribution in [0.15, 0.2) is 36.7 Å². The van der Waals surface area contributed by atoms with Gasteiger partial charge >= 0.3 is 6.55 Å². The van der Waals surface area contributed by atoms with Crippen molar-refractivity contribution < 1.29 is 8.78 Å². The fourth-order valence-corrected chi connectivity index (χ4v) is 1.83. The number of para-hydroxylation sites is 1. The Bertz CT molecular complexity index is 508. The minimum Gasteiger partial charge on any atom is -0.378 e. The van der Waals surface area contributed by atoms with Crippen LogP contribution in [0.2, 0.25) is 0 Å². The third-order valence-electron chi connectivity index (χ3n) is 2.79. The van der Waals surface area contributed by atoms with E-state index < -0.39 is 6.55 Å². The van der Waals surface area contributed by atoms with Gasteiger partial charge in [0.15, 0.2) is 0 Å². The van der Waals surface area contributed by atoms with E-state index in [1.165, 1.54) is 12.4 Å². The lowest BCUT2D eigenvalue weighted by molar-refractivity contribution is 0.0673. The van der Waals surface area contributed by atoms with Crippen LogP contribution in [0, 0.1) is 0 Å². The van der Waals surface area contributed by atoms with Crippen LogP contribution in [0.1, 0.15) is 24.9 Å². The first-order valence-corrected chi connectivity index (χ1v) is 5.84. The van der Waals surface area contributed by atoms with Gasteiger partial charge in [0.2, 0.25) is 0 Å². The number of hydrogen-bond donors (Lipinski definition) is 1. The number of imidazole rings is 1. The molecule has 0 fully saturated rings. The third kappa shape index (κ3) is 2.67. The van der Waals surface area contributed by atoms with E-state index in [0.717, 1.165) is 22.2 Å². The fourth-order valence-electron chi connectivity index (χ4n) is 1.83. The smallest absolute Gasteiger partial charge is 0.319 e. The normalized spacial score (nSPS) is 10.9. The predicted molar refractivity (Wildman–Crippen MR) is 66.6 cm³/mol. The molecule has 0 amide bonds. The van der Waals surface area contributed by atoms with E-state index in [4.69, 9.17) is 0 Å². The number of alkyl halides is 2. The molecule has 0 spiro atoms. The summed E-state index contributed by atoms with van der Waals surface area (Å²) in [5, 5.41) is 3.15. The maximum atomic E-state index is 12.6. The first-order chi connectivity index (χ1) is 8.72. The highest BCUT2D eigenvalue weighted by molar-refractivity contribution is 5.51. The number of anilines is 1. The van der Waals surface area contributed by atoms with Crippen molar-refractivity contribution in [2.24, 2.45) is 0 Å². The maximum Gasteiger partial charge on any atom is 0.319 e. The van der Waals surface area contributed by atoms with Gasteiger partial charge < -0.3 is 5.32 Å². The van der Waals surface area contributed by atoms with E-state index >= 15 is 0 Å². The maximum absolute atomic E-state index is 12.6. The van der Waals surface area contributed by atoms with Crippen LogP contribution in [-0.4, -0.2) is 9.55 Å². The van der Waals surface area contributed by atoms with Crippen molar-refractivity contribution in [3.63, 3.8) is 0 Å². The van der Waals surface area contributed by atoms with Crippen molar-refractivity contribution in [2.45, 2.75) is 26.4 Å². The van der Waals surface area contributed by atoms with Crippen LogP contribution in [0.5, 0.6) is 0 Å². The van der Waals surface area contributed by atoms with Gasteiger partial charge in [-0.15, -0.1) is 0 Å². The molecular weight excluding hydrogens is 236 g/mol. The topological polar surface area (TPSA) is 29.9 Å². The Morgan fingerprint density at radius 3 is 2.83 bits per heavy atom. The number of rotatable bonds is 5. The standard InChI is InChI=1S/C13H15F2N3/c1-2-10-5-3-4-6-11(10)17-9-12-16-7-8-18(12)13(14)15/h3-8,13,17H,2,9H2,1H3. The molecule has 1 heterocycles. The highest BCUT2D eigenvalue weighted by Crippen LogP contribution is 2.18. The van der Waals surface area contributed by atoms with Crippen LogP contribution in [-0.2, 0) is 13.0 Å². The Balaban J connectivity index is 2.09. The molecule has 0 saturated heterocycles. The third-order valence-corrected chi connectivity index (χ3v) is 2.79. The minimum atomic E-state index is -2.55. The first kappa shape index (κ1) is 12.5. The summed E-state index contributed by atoms with van der Waals surface area (Å²) >= 11 is 0. The Morgan fingerprint density at radius 1 is 1.33 bits per heavy atom. The quantitative estimate of drug-likeness (QED) is 0.882. The zero-order valence-corrected chi connectivity index (χ0v) is 10.1. The Hall–Kier alpha value is -1.91. The fraction of sp³-hybridized carbons (Fsp3) is 0.308. The highest BCUT2D eigenvalue weighted by Gasteiger charge is 2.11. The molecule has 18 heavy (non-hydrogen) atoms. The van der Waals surface area contributed by atoms with Crippen molar-refractivity contribution >= 4 is 5.69 Å². The van der Waals surface area contributed by atoms with Crippen molar-refractivity contribution in [3.8, 4) is 0 Å². The predicted octanol–water partition coefficient (Wildman–Crippen LogP) is 3.45. The summed E-state index contributed by atoms with van der Waals surface area (Å²) in [6.45, 7) is -0.208. The number of nitrogens with one attached hydrogen (secondary N) is 1. The van der Waals surface area contributed by atoms with Gasteiger partial charge in [0, 0.05) is 18.1 Å². The molecule has 2 rings (SSSR count). The monoisotopic (exact) mass is 251 g/mol. The number of hydrogen-bond acceptors (Lipinski definition) is 2. The number of nitrogens with zero attached hydrogens (tertiary/aromatic N) is 2. The molecule has 96 valence electrons. The second-order valence-electron chi connectivity index (χ2n) is 3.89. The van der Waals surface area contributed by atoms with E-state index in [-0.39, 0.29) is 6.54 Å². The Morgan fingerprint density at radius 2 is 2.11 bits per heavy atom. The average Bonchev–Trinajstić information content (AvgIpc) is 2.85. The Kier molecular flexibility index (Phi) is 3.92. The molecule has 0 aliphatic heterocycles. The number of aromatic nitrogens is 2. The lowest BCUT2D eigenvalue weighted by Gasteiger charge is -2.11. The van der Waals surface area contributed by atoms with E-state index in [0.29, 0.717) is 5.82 Å². The van der Waals surface area contributed by atoms with Gasteiger partial charge in [-0.2, -0.15) is 8.78 Å². The molecule has 1 aromatic carbocycles. The van der Waals surface area contributed by atoms with Crippen LogP contribution in [0.4, 0.5) is 14.5 Å². The van der Waals surface area contributed by atoms with Crippen LogP contribution < -0.4 is 5.32 Å². The lowest BCUT2D eigenvalue weighted by Crippen LogP contribution is -2.09. The minimum absolute atomic E-state index is 0.286. The molecule has 0 aliphatic rings. The van der Waals surface area contributed by atoms with E-state index in [1.54, 1.807) is 0 Å². The second-order valence-corrected chi connectivity index (χ2v) is 3.89. The summed E-state index contributed by atoms with van der Waals surface area (Å²) in [6, 6.07) is 7.83. The van der Waals surface area contributed by atoms with Crippen molar-refractivity contribution in [3.05, 3.63) is 48.0 Å². The van der Waals surface area contributed by atoms with E-state index in [2.05, 4.69) is 17.2 Å².